The molecule has 0 N–H and O–H groups in total. The number of carbonyl (C=O) groups is 1. The number of ether oxygens (including phenoxy) is 2. The first-order valence-corrected chi connectivity index (χ1v) is 7.80. The molecule has 0 aromatic heterocycles. The van der Waals surface area contributed by atoms with E-state index in [1.165, 1.54) is 5.56 Å². The van der Waals surface area contributed by atoms with Crippen LogP contribution in [0.15, 0.2) is 24.0 Å². The van der Waals surface area contributed by atoms with E-state index in [2.05, 4.69) is 39.8 Å². The normalized spacial score (nSPS) is 17.8. The van der Waals surface area contributed by atoms with Gasteiger partial charge >= 0.3 is 0 Å². The number of hydrogen-bond acceptors (Lipinski definition) is 3. The lowest BCUT2D eigenvalue weighted by Crippen LogP contribution is -2.27. The van der Waals surface area contributed by atoms with Gasteiger partial charge in [0.05, 0.1) is 12.2 Å². The number of methoxy groups -OCH3 is 1. The molecule has 0 saturated heterocycles. The second kappa shape index (κ2) is 6.66. The van der Waals surface area contributed by atoms with Gasteiger partial charge in [0.2, 0.25) is 0 Å². The van der Waals surface area contributed by atoms with E-state index in [9.17, 15) is 4.79 Å². The molecule has 0 spiro atoms. The molecule has 0 heterocycles. The minimum Gasteiger partial charge on any atom is -0.495 e. The maximum atomic E-state index is 12.7. The van der Waals surface area contributed by atoms with Crippen LogP contribution in [0.1, 0.15) is 43.4 Å². The van der Waals surface area contributed by atoms with E-state index in [0.717, 1.165) is 28.9 Å². The quantitative estimate of drug-likeness (QED) is 0.769. The summed E-state index contributed by atoms with van der Waals surface area (Å²) >= 11 is 0. The Kier molecular flexibility index (Phi) is 5.07. The Labute approximate surface area is 133 Å². The summed E-state index contributed by atoms with van der Waals surface area (Å²) in [6.07, 6.45) is 1.35. The van der Waals surface area contributed by atoms with Gasteiger partial charge in [-0.2, -0.15) is 0 Å². The standard InChI is InChI=1S/C19H26O3/c1-13-6-7-15(14(2)10-13)18-16(20)11-19(3,4)12-17(18)22-9-8-21-5/h6-7,10H,8-9,11-12H2,1-5H3. The maximum Gasteiger partial charge on any atom is 0.167 e. The fourth-order valence-electron chi connectivity index (χ4n) is 3.03. The summed E-state index contributed by atoms with van der Waals surface area (Å²) in [5, 5.41) is 0. The number of ketones is 1. The first-order valence-electron chi connectivity index (χ1n) is 7.80. The van der Waals surface area contributed by atoms with Gasteiger partial charge in [-0.1, -0.05) is 37.6 Å². The minimum absolute atomic E-state index is 0.0540. The third-order valence-electron chi connectivity index (χ3n) is 4.05. The largest absolute Gasteiger partial charge is 0.495 e. The molecular formula is C19H26O3. The zero-order chi connectivity index (χ0) is 16.3. The van der Waals surface area contributed by atoms with Crippen LogP contribution in [0.25, 0.3) is 5.57 Å². The van der Waals surface area contributed by atoms with Crippen LogP contribution in [0.3, 0.4) is 0 Å². The van der Waals surface area contributed by atoms with E-state index in [-0.39, 0.29) is 11.2 Å². The van der Waals surface area contributed by atoms with Crippen molar-refractivity contribution in [2.45, 2.75) is 40.5 Å². The van der Waals surface area contributed by atoms with Crippen molar-refractivity contribution in [1.82, 2.24) is 0 Å². The van der Waals surface area contributed by atoms with Crippen LogP contribution >= 0.6 is 0 Å². The molecule has 22 heavy (non-hydrogen) atoms. The first kappa shape index (κ1) is 16.8. The highest BCUT2D eigenvalue weighted by Gasteiger charge is 2.35. The van der Waals surface area contributed by atoms with E-state index in [1.54, 1.807) is 7.11 Å². The van der Waals surface area contributed by atoms with Gasteiger partial charge in [-0.05, 0) is 30.4 Å². The predicted octanol–water partition coefficient (Wildman–Crippen LogP) is 4.07. The highest BCUT2D eigenvalue weighted by Crippen LogP contribution is 2.41. The molecular weight excluding hydrogens is 276 g/mol. The maximum absolute atomic E-state index is 12.7. The molecule has 0 fully saturated rings. The third kappa shape index (κ3) is 3.77. The van der Waals surface area contributed by atoms with Gasteiger partial charge in [-0.15, -0.1) is 0 Å². The number of aryl methyl sites for hydroxylation is 2. The average Bonchev–Trinajstić information content (AvgIpc) is 2.39. The topological polar surface area (TPSA) is 35.5 Å². The van der Waals surface area contributed by atoms with Crippen LogP contribution in [0.2, 0.25) is 0 Å². The van der Waals surface area contributed by atoms with Crippen molar-refractivity contribution in [2.75, 3.05) is 20.3 Å². The number of hydrogen-bond donors (Lipinski definition) is 0. The zero-order valence-corrected chi connectivity index (χ0v) is 14.3. The van der Waals surface area contributed by atoms with Crippen molar-refractivity contribution < 1.29 is 14.3 Å². The summed E-state index contributed by atoms with van der Waals surface area (Å²) in [6.45, 7) is 9.34. The summed E-state index contributed by atoms with van der Waals surface area (Å²) in [4.78, 5) is 12.7. The molecule has 0 unspecified atom stereocenters. The SMILES string of the molecule is COCCOC1=C(c2ccc(C)cc2C)C(=O)CC(C)(C)C1. The summed E-state index contributed by atoms with van der Waals surface area (Å²) in [5.74, 6) is 0.987. The van der Waals surface area contributed by atoms with E-state index in [0.29, 0.717) is 19.6 Å². The number of benzene rings is 1. The van der Waals surface area contributed by atoms with E-state index < -0.39 is 0 Å². The van der Waals surface area contributed by atoms with Crippen LogP contribution < -0.4 is 0 Å². The Balaban J connectivity index is 2.45. The molecule has 0 saturated carbocycles. The predicted molar refractivity (Wildman–Crippen MR) is 88.7 cm³/mol. The molecule has 0 atom stereocenters. The Hall–Kier alpha value is -1.61. The third-order valence-corrected chi connectivity index (χ3v) is 4.05. The fourth-order valence-corrected chi connectivity index (χ4v) is 3.03. The second-order valence-electron chi connectivity index (χ2n) is 6.90. The van der Waals surface area contributed by atoms with Crippen LogP contribution in [-0.4, -0.2) is 26.1 Å². The van der Waals surface area contributed by atoms with E-state index >= 15 is 0 Å². The monoisotopic (exact) mass is 302 g/mol. The molecule has 0 bridgehead atoms. The lowest BCUT2D eigenvalue weighted by Gasteiger charge is -2.32. The number of carbonyl (C=O) groups excluding carboxylic acids is 1. The number of Topliss-reactive ketones (excluding diaryl/α,β-unsaturated/α-hetero) is 1. The van der Waals surface area contributed by atoms with E-state index in [1.807, 2.05) is 6.07 Å². The highest BCUT2D eigenvalue weighted by atomic mass is 16.5. The second-order valence-corrected chi connectivity index (χ2v) is 6.90. The molecule has 0 aliphatic heterocycles. The van der Waals surface area contributed by atoms with Crippen molar-refractivity contribution >= 4 is 11.4 Å². The molecule has 1 aliphatic carbocycles. The summed E-state index contributed by atoms with van der Waals surface area (Å²) in [5.41, 5.74) is 4.02. The Morgan fingerprint density at radius 3 is 2.50 bits per heavy atom. The number of rotatable bonds is 5. The summed E-state index contributed by atoms with van der Waals surface area (Å²) in [6, 6.07) is 6.20. The number of allylic oxidation sites excluding steroid dienone is 2. The molecule has 3 heteroatoms. The van der Waals surface area contributed by atoms with Crippen molar-refractivity contribution in [3.63, 3.8) is 0 Å². The lowest BCUT2D eigenvalue weighted by atomic mass is 9.74. The van der Waals surface area contributed by atoms with Gasteiger partial charge in [-0.3, -0.25) is 4.79 Å². The van der Waals surface area contributed by atoms with Crippen molar-refractivity contribution in [1.29, 1.82) is 0 Å². The Bertz CT molecular complexity index is 597. The smallest absolute Gasteiger partial charge is 0.167 e. The van der Waals surface area contributed by atoms with Gasteiger partial charge < -0.3 is 9.47 Å². The summed E-state index contributed by atoms with van der Waals surface area (Å²) in [7, 11) is 1.65. The van der Waals surface area contributed by atoms with Crippen molar-refractivity contribution in [2.24, 2.45) is 5.41 Å². The molecule has 1 aliphatic rings. The van der Waals surface area contributed by atoms with Crippen molar-refractivity contribution in [3.8, 4) is 0 Å². The van der Waals surface area contributed by atoms with Gasteiger partial charge in [0.25, 0.3) is 0 Å². The molecule has 2 rings (SSSR count). The van der Waals surface area contributed by atoms with Gasteiger partial charge in [0.1, 0.15) is 12.4 Å². The molecule has 3 nitrogen and oxygen atoms in total. The molecule has 0 amide bonds. The van der Waals surface area contributed by atoms with Gasteiger partial charge in [-0.25, -0.2) is 0 Å². The average molecular weight is 302 g/mol. The highest BCUT2D eigenvalue weighted by molar-refractivity contribution is 6.22. The van der Waals surface area contributed by atoms with Crippen LogP contribution in [0, 0.1) is 19.3 Å². The first-order chi connectivity index (χ1) is 10.3. The van der Waals surface area contributed by atoms with Crippen molar-refractivity contribution in [3.05, 3.63) is 40.6 Å². The molecule has 0 radical (unpaired) electrons. The summed E-state index contributed by atoms with van der Waals surface area (Å²) < 4.78 is 11.0. The molecule has 120 valence electrons. The minimum atomic E-state index is -0.0540. The Morgan fingerprint density at radius 1 is 1.14 bits per heavy atom. The lowest BCUT2D eigenvalue weighted by molar-refractivity contribution is -0.116. The van der Waals surface area contributed by atoms with Crippen LogP contribution in [-0.2, 0) is 14.3 Å². The fraction of sp³-hybridized carbons (Fsp3) is 0.526. The zero-order valence-electron chi connectivity index (χ0n) is 14.3. The molecule has 1 aromatic carbocycles. The Morgan fingerprint density at radius 2 is 1.86 bits per heavy atom. The molecule has 1 aromatic rings. The van der Waals surface area contributed by atoms with Crippen LogP contribution in [0.4, 0.5) is 0 Å². The van der Waals surface area contributed by atoms with E-state index in [4.69, 9.17) is 9.47 Å². The van der Waals surface area contributed by atoms with Gasteiger partial charge in [0, 0.05) is 20.0 Å². The van der Waals surface area contributed by atoms with Gasteiger partial charge in [0.15, 0.2) is 5.78 Å². The van der Waals surface area contributed by atoms with Crippen LogP contribution in [0.5, 0.6) is 0 Å².